The molecule has 1 heterocycles. The van der Waals surface area contributed by atoms with Gasteiger partial charge in [0.1, 0.15) is 0 Å². The van der Waals surface area contributed by atoms with Crippen LogP contribution in [0, 0.1) is 0 Å². The van der Waals surface area contributed by atoms with Crippen LogP contribution < -0.4 is 5.32 Å². The van der Waals surface area contributed by atoms with E-state index >= 15 is 0 Å². The van der Waals surface area contributed by atoms with Gasteiger partial charge in [0, 0.05) is 35.3 Å². The Morgan fingerprint density at radius 2 is 2.06 bits per heavy atom. The largest absolute Gasteiger partial charge is 0.313 e. The zero-order valence-corrected chi connectivity index (χ0v) is 12.3. The Hall–Kier alpha value is -0.900. The number of nitrogens with one attached hydrogen (secondary N) is 1. The van der Waals surface area contributed by atoms with Gasteiger partial charge in [-0.25, -0.2) is 0 Å². The topological polar surface area (TPSA) is 15.3 Å². The number of hydrogen-bond acceptors (Lipinski definition) is 3. The fourth-order valence-corrected chi connectivity index (χ4v) is 3.15. The number of fused-ring (bicyclic) bond motifs is 1. The quantitative estimate of drug-likeness (QED) is 0.859. The minimum atomic E-state index is 0.572. The summed E-state index contributed by atoms with van der Waals surface area (Å²) < 4.78 is 1.39. The normalized spacial score (nSPS) is 11.8. The Balaban J connectivity index is 1.88. The fourth-order valence-electron chi connectivity index (χ4n) is 2.00. The van der Waals surface area contributed by atoms with Gasteiger partial charge in [-0.1, -0.05) is 32.0 Å². The summed E-state index contributed by atoms with van der Waals surface area (Å²) in [5.41, 5.74) is 0. The lowest BCUT2D eigenvalue weighted by Crippen LogP contribution is -2.32. The summed E-state index contributed by atoms with van der Waals surface area (Å²) in [6.07, 6.45) is 0. The van der Waals surface area contributed by atoms with Crippen LogP contribution in [0.2, 0.25) is 0 Å². The van der Waals surface area contributed by atoms with E-state index in [0.29, 0.717) is 6.04 Å². The molecule has 1 aromatic heterocycles. The van der Waals surface area contributed by atoms with Crippen LogP contribution in [0.15, 0.2) is 30.3 Å². The van der Waals surface area contributed by atoms with Crippen molar-refractivity contribution in [2.45, 2.75) is 26.4 Å². The molecule has 2 aromatic rings. The third-order valence-electron chi connectivity index (χ3n) is 2.95. The van der Waals surface area contributed by atoms with Crippen LogP contribution in [-0.4, -0.2) is 31.1 Å². The van der Waals surface area contributed by atoms with Crippen molar-refractivity contribution in [3.05, 3.63) is 35.2 Å². The monoisotopic (exact) mass is 262 g/mol. The summed E-state index contributed by atoms with van der Waals surface area (Å²) in [6.45, 7) is 7.56. The van der Waals surface area contributed by atoms with Crippen LogP contribution in [0.5, 0.6) is 0 Å². The van der Waals surface area contributed by atoms with Crippen molar-refractivity contribution >= 4 is 21.4 Å². The molecule has 1 aromatic carbocycles. The second-order valence-corrected chi connectivity index (χ2v) is 6.27. The van der Waals surface area contributed by atoms with Crippen LogP contribution in [-0.2, 0) is 6.54 Å². The fraction of sp³-hybridized carbons (Fsp3) is 0.467. The van der Waals surface area contributed by atoms with Crippen molar-refractivity contribution in [1.29, 1.82) is 0 Å². The Labute approximate surface area is 114 Å². The average Bonchev–Trinajstić information content (AvgIpc) is 2.70. The first-order chi connectivity index (χ1) is 8.65. The number of likely N-dealkylation sites (N-methyl/N-ethyl adjacent to an activating group) is 1. The van der Waals surface area contributed by atoms with E-state index in [1.807, 2.05) is 11.3 Å². The molecule has 98 valence electrons. The highest BCUT2D eigenvalue weighted by molar-refractivity contribution is 7.19. The molecular formula is C15H22N2S. The molecule has 2 rings (SSSR count). The van der Waals surface area contributed by atoms with Gasteiger partial charge in [0.25, 0.3) is 0 Å². The van der Waals surface area contributed by atoms with Crippen molar-refractivity contribution in [3.63, 3.8) is 0 Å². The molecular weight excluding hydrogens is 240 g/mol. The molecule has 0 spiro atoms. The number of hydrogen-bond donors (Lipinski definition) is 1. The predicted octanol–water partition coefficient (Wildman–Crippen LogP) is 3.33. The molecule has 0 aliphatic heterocycles. The second-order valence-electron chi connectivity index (χ2n) is 5.10. The standard InChI is InChI=1S/C15H22N2S/c1-12(2)16-8-9-17(3)11-14-10-13-6-4-5-7-15(13)18-14/h4-7,10,12,16H,8-9,11H2,1-3H3. The molecule has 0 saturated carbocycles. The van der Waals surface area contributed by atoms with E-state index in [4.69, 9.17) is 0 Å². The predicted molar refractivity (Wildman–Crippen MR) is 81.3 cm³/mol. The van der Waals surface area contributed by atoms with E-state index in [9.17, 15) is 0 Å². The molecule has 0 aliphatic carbocycles. The highest BCUT2D eigenvalue weighted by Gasteiger charge is 2.04. The second kappa shape index (κ2) is 6.32. The minimum absolute atomic E-state index is 0.572. The van der Waals surface area contributed by atoms with Gasteiger partial charge in [-0.2, -0.15) is 0 Å². The number of benzene rings is 1. The van der Waals surface area contributed by atoms with Gasteiger partial charge in [-0.15, -0.1) is 11.3 Å². The first-order valence-electron chi connectivity index (χ1n) is 6.54. The Morgan fingerprint density at radius 1 is 1.28 bits per heavy atom. The van der Waals surface area contributed by atoms with Crippen molar-refractivity contribution in [2.24, 2.45) is 0 Å². The molecule has 3 heteroatoms. The molecule has 1 N–H and O–H groups in total. The molecule has 0 bridgehead atoms. The number of nitrogens with zero attached hydrogens (tertiary/aromatic N) is 1. The van der Waals surface area contributed by atoms with Crippen LogP contribution >= 0.6 is 11.3 Å². The summed E-state index contributed by atoms with van der Waals surface area (Å²) in [5, 5.41) is 4.82. The number of rotatable bonds is 6. The Kier molecular flexibility index (Phi) is 4.75. The summed E-state index contributed by atoms with van der Waals surface area (Å²) in [6, 6.07) is 11.5. The lowest BCUT2D eigenvalue weighted by atomic mass is 10.2. The third kappa shape index (κ3) is 3.80. The zero-order valence-electron chi connectivity index (χ0n) is 11.4. The molecule has 0 amide bonds. The van der Waals surface area contributed by atoms with Crippen molar-refractivity contribution < 1.29 is 0 Å². The first kappa shape index (κ1) is 13.5. The van der Waals surface area contributed by atoms with E-state index in [-0.39, 0.29) is 0 Å². The van der Waals surface area contributed by atoms with Crippen LogP contribution in [0.3, 0.4) is 0 Å². The summed E-state index contributed by atoms with van der Waals surface area (Å²) in [5.74, 6) is 0. The SMILES string of the molecule is CC(C)NCCN(C)Cc1cc2ccccc2s1. The Bertz CT molecular complexity index is 457. The van der Waals surface area contributed by atoms with E-state index in [1.54, 1.807) is 0 Å². The van der Waals surface area contributed by atoms with Gasteiger partial charge in [0.15, 0.2) is 0 Å². The minimum Gasteiger partial charge on any atom is -0.313 e. The lowest BCUT2D eigenvalue weighted by molar-refractivity contribution is 0.323. The summed E-state index contributed by atoms with van der Waals surface area (Å²) in [4.78, 5) is 3.82. The van der Waals surface area contributed by atoms with Gasteiger partial charge in [0.05, 0.1) is 0 Å². The highest BCUT2D eigenvalue weighted by atomic mass is 32.1. The van der Waals surface area contributed by atoms with Gasteiger partial charge >= 0.3 is 0 Å². The zero-order chi connectivity index (χ0) is 13.0. The van der Waals surface area contributed by atoms with E-state index in [1.165, 1.54) is 15.0 Å². The van der Waals surface area contributed by atoms with E-state index < -0.39 is 0 Å². The third-order valence-corrected chi connectivity index (χ3v) is 4.05. The average molecular weight is 262 g/mol. The van der Waals surface area contributed by atoms with Crippen molar-refractivity contribution in [2.75, 3.05) is 20.1 Å². The lowest BCUT2D eigenvalue weighted by Gasteiger charge is -2.17. The maximum atomic E-state index is 3.45. The van der Waals surface area contributed by atoms with Crippen molar-refractivity contribution in [3.8, 4) is 0 Å². The van der Waals surface area contributed by atoms with Crippen molar-refractivity contribution in [1.82, 2.24) is 10.2 Å². The smallest absolute Gasteiger partial charge is 0.0346 e. The molecule has 0 radical (unpaired) electrons. The summed E-state index contributed by atoms with van der Waals surface area (Å²) in [7, 11) is 2.19. The van der Waals surface area contributed by atoms with Crippen LogP contribution in [0.25, 0.3) is 10.1 Å². The molecule has 18 heavy (non-hydrogen) atoms. The highest BCUT2D eigenvalue weighted by Crippen LogP contribution is 2.25. The van der Waals surface area contributed by atoms with E-state index in [0.717, 1.165) is 19.6 Å². The van der Waals surface area contributed by atoms with E-state index in [2.05, 4.69) is 61.4 Å². The van der Waals surface area contributed by atoms with Crippen LogP contribution in [0.4, 0.5) is 0 Å². The molecule has 2 nitrogen and oxygen atoms in total. The Morgan fingerprint density at radius 3 is 2.78 bits per heavy atom. The molecule has 0 saturated heterocycles. The van der Waals surface area contributed by atoms with Gasteiger partial charge < -0.3 is 10.2 Å². The van der Waals surface area contributed by atoms with Gasteiger partial charge in [-0.05, 0) is 24.6 Å². The molecule has 0 unspecified atom stereocenters. The van der Waals surface area contributed by atoms with Gasteiger partial charge in [-0.3, -0.25) is 0 Å². The molecule has 0 fully saturated rings. The maximum Gasteiger partial charge on any atom is 0.0346 e. The van der Waals surface area contributed by atoms with Gasteiger partial charge in [0.2, 0.25) is 0 Å². The first-order valence-corrected chi connectivity index (χ1v) is 7.36. The number of thiophene rings is 1. The van der Waals surface area contributed by atoms with Crippen LogP contribution in [0.1, 0.15) is 18.7 Å². The molecule has 0 atom stereocenters. The maximum absolute atomic E-state index is 3.45. The molecule has 0 aliphatic rings. The summed E-state index contributed by atoms with van der Waals surface area (Å²) >= 11 is 1.90.